The molecular formula is C45H55ClN10O3. The van der Waals surface area contributed by atoms with Crippen molar-refractivity contribution in [2.75, 3.05) is 53.2 Å². The number of imide groups is 1. The summed E-state index contributed by atoms with van der Waals surface area (Å²) < 4.78 is 0. The van der Waals surface area contributed by atoms with Crippen LogP contribution in [0.15, 0.2) is 54.7 Å². The highest BCUT2D eigenvalue weighted by atomic mass is 35.5. The number of nitrogens with zero attached hydrogens (tertiary/aromatic N) is 8. The normalized spacial score (nSPS) is 25.6. The summed E-state index contributed by atoms with van der Waals surface area (Å²) in [5.74, 6) is 1.76. The number of nitrogens with one attached hydrogen (secondary N) is 1. The number of para-hydroxylation sites is 1. The largest absolute Gasteiger partial charge is 0.506 e. The van der Waals surface area contributed by atoms with Crippen LogP contribution in [0.3, 0.4) is 0 Å². The molecule has 3 unspecified atom stereocenters. The van der Waals surface area contributed by atoms with E-state index in [4.69, 9.17) is 27.3 Å². The third-order valence-electron chi connectivity index (χ3n) is 13.8. The van der Waals surface area contributed by atoms with Crippen molar-refractivity contribution in [2.45, 2.75) is 114 Å². The van der Waals surface area contributed by atoms with Gasteiger partial charge in [-0.3, -0.25) is 14.9 Å². The second kappa shape index (κ2) is 16.6. The molecule has 0 bridgehead atoms. The maximum Gasteiger partial charge on any atom is 0.249 e. The van der Waals surface area contributed by atoms with Crippen molar-refractivity contribution in [3.63, 3.8) is 0 Å². The highest BCUT2D eigenvalue weighted by Gasteiger charge is 2.38. The Morgan fingerprint density at radius 2 is 1.69 bits per heavy atom. The van der Waals surface area contributed by atoms with Crippen LogP contribution < -0.4 is 25.8 Å². The second-order valence-electron chi connectivity index (χ2n) is 17.2. The van der Waals surface area contributed by atoms with E-state index in [1.165, 1.54) is 42.5 Å². The first-order valence-electron chi connectivity index (χ1n) is 21.6. The molecule has 2 aromatic carbocycles. The van der Waals surface area contributed by atoms with Gasteiger partial charge in [0.05, 0.1) is 16.4 Å². The Morgan fingerprint density at radius 1 is 0.898 bits per heavy atom. The fourth-order valence-electron chi connectivity index (χ4n) is 10.8. The lowest BCUT2D eigenvalue weighted by Gasteiger charge is -2.46. The lowest BCUT2D eigenvalue weighted by Crippen LogP contribution is -2.58. The number of hydrogen-bond donors (Lipinski definition) is 3. The van der Waals surface area contributed by atoms with Gasteiger partial charge in [0, 0.05) is 73.2 Å². The first-order chi connectivity index (χ1) is 28.7. The zero-order valence-electron chi connectivity index (χ0n) is 34.1. The molecule has 6 heterocycles. The predicted molar refractivity (Wildman–Crippen MR) is 231 cm³/mol. The number of benzene rings is 2. The lowest BCUT2D eigenvalue weighted by atomic mass is 9.78. The molecule has 3 saturated heterocycles. The minimum absolute atomic E-state index is 0.0240. The molecule has 2 aromatic heterocycles. The molecule has 4 fully saturated rings. The number of aromatic hydroxyl groups is 1. The molecule has 0 spiro atoms. The molecule has 5 aliphatic rings. The number of anilines is 4. The molecule has 14 heteroatoms. The fraction of sp³-hybridized carbons (Fsp3) is 0.511. The standard InChI is InChI=1S/C45H55ClN10O3/c1-3-30-26-54(40-24-37(51-52-43(40)47)34-7-4-8-35(46)42(34)58)25-27(2)56(30)45-48-20-16-36(49-45)29-17-21-53(22-18-29)31-12-10-28(11-13-31)32-6-5-9-38-33(32)19-23-55(38)39-14-15-41(57)50-44(39)59/h4-9,16,20,24,27-31,39,58H,3,10-15,17-19,21-23,25-26H2,1-2H3,(H2,47,52)(H,50,57,59). The molecule has 9 rings (SSSR count). The van der Waals surface area contributed by atoms with E-state index in [0.29, 0.717) is 54.3 Å². The summed E-state index contributed by atoms with van der Waals surface area (Å²) in [6.07, 6.45) is 11.8. The summed E-state index contributed by atoms with van der Waals surface area (Å²) in [5, 5.41) is 22.0. The van der Waals surface area contributed by atoms with Gasteiger partial charge in [-0.2, -0.15) is 0 Å². The zero-order chi connectivity index (χ0) is 40.8. The number of halogens is 1. The van der Waals surface area contributed by atoms with Crippen molar-refractivity contribution in [3.05, 3.63) is 76.6 Å². The van der Waals surface area contributed by atoms with Crippen LogP contribution in [0, 0.1) is 0 Å². The topological polar surface area (TPSA) is 157 Å². The monoisotopic (exact) mass is 818 g/mol. The molecule has 13 nitrogen and oxygen atoms in total. The number of phenols is 1. The maximum atomic E-state index is 12.7. The Morgan fingerprint density at radius 3 is 2.47 bits per heavy atom. The van der Waals surface area contributed by atoms with Gasteiger partial charge in [-0.1, -0.05) is 36.7 Å². The van der Waals surface area contributed by atoms with Gasteiger partial charge in [-0.25, -0.2) is 9.97 Å². The summed E-state index contributed by atoms with van der Waals surface area (Å²) in [5.41, 5.74) is 13.5. The van der Waals surface area contributed by atoms with Gasteiger partial charge < -0.3 is 30.4 Å². The molecule has 4 aromatic rings. The molecule has 1 saturated carbocycles. The highest BCUT2D eigenvalue weighted by molar-refractivity contribution is 6.32. The Kier molecular flexibility index (Phi) is 11.1. The van der Waals surface area contributed by atoms with Crippen LogP contribution >= 0.6 is 11.6 Å². The molecule has 59 heavy (non-hydrogen) atoms. The molecule has 1 aliphatic carbocycles. The van der Waals surface area contributed by atoms with Crippen molar-refractivity contribution in [1.29, 1.82) is 0 Å². The fourth-order valence-corrected chi connectivity index (χ4v) is 10.9. The number of piperazine rings is 1. The van der Waals surface area contributed by atoms with Gasteiger partial charge in [0.15, 0.2) is 5.82 Å². The van der Waals surface area contributed by atoms with E-state index < -0.39 is 0 Å². The number of carbonyl (C=O) groups is 2. The van der Waals surface area contributed by atoms with Gasteiger partial charge in [0.25, 0.3) is 0 Å². The summed E-state index contributed by atoms with van der Waals surface area (Å²) in [4.78, 5) is 44.2. The number of piperidine rings is 2. The summed E-state index contributed by atoms with van der Waals surface area (Å²) in [7, 11) is 0. The summed E-state index contributed by atoms with van der Waals surface area (Å²) in [6.45, 7) is 8.86. The Labute approximate surface area is 351 Å². The van der Waals surface area contributed by atoms with Gasteiger partial charge in [-0.05, 0) is 125 Å². The van der Waals surface area contributed by atoms with Crippen LogP contribution in [-0.4, -0.2) is 98.9 Å². The minimum atomic E-state index is -0.255. The third kappa shape index (κ3) is 7.67. The number of rotatable bonds is 8. The minimum Gasteiger partial charge on any atom is -0.506 e. The van der Waals surface area contributed by atoms with Crippen LogP contribution in [0.2, 0.25) is 5.02 Å². The van der Waals surface area contributed by atoms with Crippen LogP contribution in [0.4, 0.5) is 23.1 Å². The first-order valence-corrected chi connectivity index (χ1v) is 22.0. The number of hydrogen-bond acceptors (Lipinski definition) is 12. The predicted octanol–water partition coefficient (Wildman–Crippen LogP) is 6.44. The van der Waals surface area contributed by atoms with Crippen LogP contribution in [-0.2, 0) is 16.0 Å². The molecule has 2 amide bonds. The number of phenolic OH excluding ortho intramolecular Hbond substituents is 1. The number of likely N-dealkylation sites (tertiary alicyclic amines) is 1. The number of aromatic nitrogens is 4. The molecular weight excluding hydrogens is 764 g/mol. The quantitative estimate of drug-likeness (QED) is 0.168. The summed E-state index contributed by atoms with van der Waals surface area (Å²) >= 11 is 6.21. The molecule has 3 atom stereocenters. The number of amides is 2. The molecule has 4 aliphatic heterocycles. The summed E-state index contributed by atoms with van der Waals surface area (Å²) in [6, 6.07) is 16.5. The number of carbonyl (C=O) groups excluding carboxylic acids is 2. The third-order valence-corrected chi connectivity index (χ3v) is 14.1. The van der Waals surface area contributed by atoms with E-state index in [9.17, 15) is 14.7 Å². The Hall–Kier alpha value is -5.01. The lowest BCUT2D eigenvalue weighted by molar-refractivity contribution is -0.134. The van der Waals surface area contributed by atoms with E-state index >= 15 is 0 Å². The Balaban J connectivity index is 0.811. The van der Waals surface area contributed by atoms with Gasteiger partial charge in [-0.15, -0.1) is 10.2 Å². The zero-order valence-corrected chi connectivity index (χ0v) is 34.8. The van der Waals surface area contributed by atoms with Crippen LogP contribution in [0.25, 0.3) is 11.3 Å². The highest BCUT2D eigenvalue weighted by Crippen LogP contribution is 2.43. The van der Waals surface area contributed by atoms with E-state index in [-0.39, 0.29) is 40.7 Å². The number of nitrogen functional groups attached to an aromatic ring is 1. The Bertz CT molecular complexity index is 2210. The van der Waals surface area contributed by atoms with E-state index in [2.05, 4.69) is 73.2 Å². The van der Waals surface area contributed by atoms with E-state index in [1.54, 1.807) is 18.2 Å². The van der Waals surface area contributed by atoms with Crippen molar-refractivity contribution in [3.8, 4) is 17.0 Å². The average molecular weight is 819 g/mol. The van der Waals surface area contributed by atoms with Gasteiger partial charge in [0.2, 0.25) is 17.8 Å². The van der Waals surface area contributed by atoms with E-state index in [1.807, 2.05) is 12.3 Å². The van der Waals surface area contributed by atoms with E-state index in [0.717, 1.165) is 69.2 Å². The van der Waals surface area contributed by atoms with Crippen LogP contribution in [0.1, 0.15) is 100 Å². The molecule has 0 radical (unpaired) electrons. The van der Waals surface area contributed by atoms with Gasteiger partial charge >= 0.3 is 0 Å². The van der Waals surface area contributed by atoms with Crippen molar-refractivity contribution in [2.24, 2.45) is 0 Å². The van der Waals surface area contributed by atoms with Crippen molar-refractivity contribution in [1.82, 2.24) is 30.4 Å². The second-order valence-corrected chi connectivity index (χ2v) is 17.6. The maximum absolute atomic E-state index is 12.7. The van der Waals surface area contributed by atoms with Crippen molar-refractivity contribution >= 4 is 46.6 Å². The smallest absolute Gasteiger partial charge is 0.249 e. The molecule has 310 valence electrons. The van der Waals surface area contributed by atoms with Crippen molar-refractivity contribution < 1.29 is 14.7 Å². The first kappa shape index (κ1) is 39.5. The van der Waals surface area contributed by atoms with Crippen LogP contribution in [0.5, 0.6) is 5.75 Å². The number of nitrogens with two attached hydrogens (primary N) is 1. The average Bonchev–Trinajstić information content (AvgIpc) is 3.69. The molecule has 4 N–H and O–H groups in total. The van der Waals surface area contributed by atoms with Gasteiger partial charge in [0.1, 0.15) is 11.8 Å². The number of fused-ring (bicyclic) bond motifs is 1. The SMILES string of the molecule is CCC1CN(c2cc(-c3cccc(Cl)c3O)nnc2N)CC(C)N1c1nccc(C2CCN(C3CCC(c4cccc5c4CCN5C4CCC(=O)NC4=O)CC3)CC2)n1.